The Morgan fingerprint density at radius 3 is 2.63 bits per heavy atom. The minimum atomic E-state index is -0.200. The van der Waals surface area contributed by atoms with Crippen LogP contribution in [0.15, 0.2) is 18.2 Å². The molecule has 106 valence electrons. The summed E-state index contributed by atoms with van der Waals surface area (Å²) in [5, 5.41) is 3.44. The molecule has 0 bridgehead atoms. The Bertz CT molecular complexity index is 427. The van der Waals surface area contributed by atoms with Crippen LogP contribution in [0.2, 0.25) is 0 Å². The second kappa shape index (κ2) is 5.91. The molecule has 0 aliphatic heterocycles. The molecule has 1 aromatic carbocycles. The molecule has 19 heavy (non-hydrogen) atoms. The second-order valence-corrected chi connectivity index (χ2v) is 5.91. The molecule has 1 N–H and O–H groups in total. The fourth-order valence-electron chi connectivity index (χ4n) is 2.52. The van der Waals surface area contributed by atoms with Gasteiger partial charge in [0.25, 0.3) is 0 Å². The molecule has 0 heterocycles. The third-order valence-electron chi connectivity index (χ3n) is 3.86. The predicted octanol–water partition coefficient (Wildman–Crippen LogP) is 3.82. The van der Waals surface area contributed by atoms with Crippen molar-refractivity contribution in [1.82, 2.24) is 5.32 Å². The first-order chi connectivity index (χ1) is 9.01. The fraction of sp³-hybridized carbons (Fsp3) is 0.625. The van der Waals surface area contributed by atoms with Gasteiger partial charge in [0.1, 0.15) is 17.2 Å². The van der Waals surface area contributed by atoms with E-state index in [0.717, 1.165) is 37.1 Å². The highest BCUT2D eigenvalue weighted by Crippen LogP contribution is 2.40. The maximum atomic E-state index is 13.1. The van der Waals surface area contributed by atoms with E-state index in [2.05, 4.69) is 19.2 Å². The van der Waals surface area contributed by atoms with Crippen LogP contribution in [0, 0.1) is 12.7 Å². The van der Waals surface area contributed by atoms with Gasteiger partial charge in [-0.05, 0) is 62.9 Å². The molecule has 0 aromatic heterocycles. The number of hydrogen-bond acceptors (Lipinski definition) is 2. The van der Waals surface area contributed by atoms with E-state index in [-0.39, 0.29) is 11.4 Å². The van der Waals surface area contributed by atoms with E-state index in [1.54, 1.807) is 6.07 Å². The van der Waals surface area contributed by atoms with Gasteiger partial charge in [0.2, 0.25) is 0 Å². The topological polar surface area (TPSA) is 21.3 Å². The Kier molecular flexibility index (Phi) is 4.46. The summed E-state index contributed by atoms with van der Waals surface area (Å²) < 4.78 is 19.3. The van der Waals surface area contributed by atoms with E-state index in [1.165, 1.54) is 18.6 Å². The van der Waals surface area contributed by atoms with Crippen molar-refractivity contribution in [2.45, 2.75) is 58.1 Å². The van der Waals surface area contributed by atoms with E-state index in [1.807, 2.05) is 6.92 Å². The van der Waals surface area contributed by atoms with Gasteiger partial charge in [0.15, 0.2) is 0 Å². The summed E-state index contributed by atoms with van der Waals surface area (Å²) in [7, 11) is 0. The number of nitrogens with one attached hydrogen (secondary N) is 1. The van der Waals surface area contributed by atoms with Crippen molar-refractivity contribution in [3.8, 4) is 5.75 Å². The normalized spacial score (nSPS) is 17.3. The smallest absolute Gasteiger partial charge is 0.123 e. The lowest BCUT2D eigenvalue weighted by Gasteiger charge is -2.42. The average molecular weight is 265 g/mol. The number of aryl methyl sites for hydroxylation is 1. The summed E-state index contributed by atoms with van der Waals surface area (Å²) in [6.45, 7) is 7.17. The highest BCUT2D eigenvalue weighted by Gasteiger charge is 2.39. The lowest BCUT2D eigenvalue weighted by atomic mass is 9.77. The van der Waals surface area contributed by atoms with Crippen molar-refractivity contribution in [2.75, 3.05) is 6.54 Å². The fourth-order valence-corrected chi connectivity index (χ4v) is 2.52. The Balaban J connectivity index is 1.98. The molecule has 3 heteroatoms. The van der Waals surface area contributed by atoms with Gasteiger partial charge in [-0.15, -0.1) is 0 Å². The molecule has 0 unspecified atom stereocenters. The molecule has 2 rings (SSSR count). The quantitative estimate of drug-likeness (QED) is 0.844. The molecule has 0 saturated heterocycles. The zero-order chi connectivity index (χ0) is 13.9. The van der Waals surface area contributed by atoms with Gasteiger partial charge in [-0.1, -0.05) is 13.8 Å². The number of hydrogen-bond donors (Lipinski definition) is 1. The molecule has 2 nitrogen and oxygen atoms in total. The van der Waals surface area contributed by atoms with Crippen molar-refractivity contribution in [3.05, 3.63) is 29.6 Å². The van der Waals surface area contributed by atoms with Crippen LogP contribution in [-0.2, 0) is 0 Å². The summed E-state index contributed by atoms with van der Waals surface area (Å²) in [6, 6.07) is 5.26. The number of rotatable bonds is 6. The van der Waals surface area contributed by atoms with Crippen LogP contribution in [0.3, 0.4) is 0 Å². The Labute approximate surface area is 115 Å². The summed E-state index contributed by atoms with van der Waals surface area (Å²) in [5.74, 6) is 0.625. The summed E-state index contributed by atoms with van der Waals surface area (Å²) >= 11 is 0. The van der Waals surface area contributed by atoms with Gasteiger partial charge in [0, 0.05) is 6.04 Å². The largest absolute Gasteiger partial charge is 0.487 e. The maximum Gasteiger partial charge on any atom is 0.123 e. The van der Waals surface area contributed by atoms with Crippen LogP contribution < -0.4 is 10.1 Å². The van der Waals surface area contributed by atoms with Crippen molar-refractivity contribution >= 4 is 0 Å². The minimum absolute atomic E-state index is 0.0372. The summed E-state index contributed by atoms with van der Waals surface area (Å²) in [5.41, 5.74) is 0.841. The van der Waals surface area contributed by atoms with E-state index in [9.17, 15) is 4.39 Å². The molecule has 0 spiro atoms. The highest BCUT2D eigenvalue weighted by molar-refractivity contribution is 5.33. The SMILES string of the molecule is Cc1cc(F)ccc1OC1(CCNC(C)C)CCC1. The van der Waals surface area contributed by atoms with Gasteiger partial charge in [-0.3, -0.25) is 0 Å². The molecule has 1 aliphatic rings. The molecule has 0 atom stereocenters. The molecule has 1 aliphatic carbocycles. The van der Waals surface area contributed by atoms with Gasteiger partial charge >= 0.3 is 0 Å². The van der Waals surface area contributed by atoms with Crippen LogP contribution in [0.1, 0.15) is 45.1 Å². The molecule has 0 radical (unpaired) electrons. The standard InChI is InChI=1S/C16H24FNO/c1-12(2)18-10-9-16(7-4-8-16)19-15-6-5-14(17)11-13(15)3/h5-6,11-12,18H,4,7-10H2,1-3H3. The third kappa shape index (κ3) is 3.69. The number of benzene rings is 1. The third-order valence-corrected chi connectivity index (χ3v) is 3.86. The van der Waals surface area contributed by atoms with Crippen LogP contribution in [0.4, 0.5) is 4.39 Å². The first-order valence-electron chi connectivity index (χ1n) is 7.19. The Morgan fingerprint density at radius 1 is 1.37 bits per heavy atom. The van der Waals surface area contributed by atoms with Crippen LogP contribution in [0.25, 0.3) is 0 Å². The highest BCUT2D eigenvalue weighted by atomic mass is 19.1. The monoisotopic (exact) mass is 265 g/mol. The van der Waals surface area contributed by atoms with E-state index < -0.39 is 0 Å². The van der Waals surface area contributed by atoms with Gasteiger partial charge in [-0.25, -0.2) is 4.39 Å². The molecule has 1 fully saturated rings. The molecule has 1 saturated carbocycles. The number of ether oxygens (including phenoxy) is 1. The van der Waals surface area contributed by atoms with E-state index in [4.69, 9.17) is 4.74 Å². The van der Waals surface area contributed by atoms with Crippen molar-refractivity contribution in [1.29, 1.82) is 0 Å². The molecule has 1 aromatic rings. The zero-order valence-electron chi connectivity index (χ0n) is 12.1. The zero-order valence-corrected chi connectivity index (χ0v) is 12.1. The van der Waals surface area contributed by atoms with E-state index in [0.29, 0.717) is 6.04 Å². The van der Waals surface area contributed by atoms with Crippen LogP contribution in [0.5, 0.6) is 5.75 Å². The maximum absolute atomic E-state index is 13.1. The van der Waals surface area contributed by atoms with Crippen LogP contribution in [-0.4, -0.2) is 18.2 Å². The Morgan fingerprint density at radius 2 is 2.11 bits per heavy atom. The lowest BCUT2D eigenvalue weighted by molar-refractivity contribution is -0.0151. The average Bonchev–Trinajstić information content (AvgIpc) is 2.28. The molecular formula is C16H24FNO. The Hall–Kier alpha value is -1.09. The second-order valence-electron chi connectivity index (χ2n) is 5.91. The number of halogens is 1. The summed E-state index contributed by atoms with van der Waals surface area (Å²) in [6.07, 6.45) is 4.44. The van der Waals surface area contributed by atoms with Crippen molar-refractivity contribution in [3.63, 3.8) is 0 Å². The van der Waals surface area contributed by atoms with Gasteiger partial charge in [0.05, 0.1) is 0 Å². The first kappa shape index (κ1) is 14.3. The van der Waals surface area contributed by atoms with Crippen molar-refractivity contribution < 1.29 is 9.13 Å². The van der Waals surface area contributed by atoms with Crippen molar-refractivity contribution in [2.24, 2.45) is 0 Å². The van der Waals surface area contributed by atoms with E-state index >= 15 is 0 Å². The van der Waals surface area contributed by atoms with Gasteiger partial charge < -0.3 is 10.1 Å². The molecule has 0 amide bonds. The predicted molar refractivity (Wildman–Crippen MR) is 76.1 cm³/mol. The summed E-state index contributed by atoms with van der Waals surface area (Å²) in [4.78, 5) is 0. The lowest BCUT2D eigenvalue weighted by Crippen LogP contribution is -2.46. The first-order valence-corrected chi connectivity index (χ1v) is 7.19. The molecular weight excluding hydrogens is 241 g/mol. The van der Waals surface area contributed by atoms with Gasteiger partial charge in [-0.2, -0.15) is 0 Å². The van der Waals surface area contributed by atoms with Crippen LogP contribution >= 0.6 is 0 Å². The minimum Gasteiger partial charge on any atom is -0.487 e.